The summed E-state index contributed by atoms with van der Waals surface area (Å²) >= 11 is 2.93. The number of carboxylic acid groups (broad SMARTS) is 1. The van der Waals surface area contributed by atoms with E-state index in [2.05, 4.69) is 15.9 Å². The molecule has 0 aromatic heterocycles. The van der Waals surface area contributed by atoms with Gasteiger partial charge in [-0.15, -0.1) is 0 Å². The minimum Gasteiger partial charge on any atom is -0.504 e. The van der Waals surface area contributed by atoms with Gasteiger partial charge in [0.1, 0.15) is 0 Å². The van der Waals surface area contributed by atoms with Crippen molar-refractivity contribution in [1.29, 1.82) is 0 Å². The normalized spacial score (nSPS) is 12.5. The lowest BCUT2D eigenvalue weighted by atomic mass is 10.00. The van der Waals surface area contributed by atoms with Crippen LogP contribution in [0.3, 0.4) is 0 Å². The first kappa shape index (κ1) is 11.8. The number of hydrogen-bond donors (Lipinski definition) is 3. The lowest BCUT2D eigenvalue weighted by Gasteiger charge is -2.12. The van der Waals surface area contributed by atoms with Gasteiger partial charge in [0.2, 0.25) is 0 Å². The molecular weight excluding hydrogens is 271 g/mol. The summed E-state index contributed by atoms with van der Waals surface area (Å²) in [6, 6.07) is 1.05. The van der Waals surface area contributed by atoms with E-state index in [0.717, 1.165) is 6.07 Å². The van der Waals surface area contributed by atoms with Crippen molar-refractivity contribution in [1.82, 2.24) is 0 Å². The summed E-state index contributed by atoms with van der Waals surface area (Å²) in [5, 5.41) is 26.9. The molecule has 0 aliphatic heterocycles. The van der Waals surface area contributed by atoms with E-state index < -0.39 is 29.2 Å². The van der Waals surface area contributed by atoms with E-state index in [1.54, 1.807) is 0 Å². The maximum Gasteiger partial charge on any atom is 0.310 e. The molecule has 0 aliphatic rings. The molecule has 0 saturated heterocycles. The van der Waals surface area contributed by atoms with Gasteiger partial charge in [0.25, 0.3) is 0 Å². The summed E-state index contributed by atoms with van der Waals surface area (Å²) < 4.78 is 13.5. The molecule has 1 aromatic carbocycles. The first-order chi connectivity index (χ1) is 6.86. The number of carboxylic acids is 1. The third-order valence-corrected chi connectivity index (χ3v) is 2.67. The molecule has 1 atom stereocenters. The highest BCUT2D eigenvalue weighted by molar-refractivity contribution is 9.10. The molecule has 6 heteroatoms. The van der Waals surface area contributed by atoms with E-state index in [-0.39, 0.29) is 10.0 Å². The van der Waals surface area contributed by atoms with E-state index in [4.69, 9.17) is 15.3 Å². The van der Waals surface area contributed by atoms with Gasteiger partial charge in [-0.1, -0.05) is 15.9 Å². The Morgan fingerprint density at radius 2 is 2.07 bits per heavy atom. The van der Waals surface area contributed by atoms with Crippen molar-refractivity contribution >= 4 is 21.9 Å². The second kappa shape index (κ2) is 4.06. The Hall–Kier alpha value is -1.30. The molecule has 82 valence electrons. The zero-order valence-corrected chi connectivity index (χ0v) is 9.25. The van der Waals surface area contributed by atoms with Crippen molar-refractivity contribution in [2.75, 3.05) is 0 Å². The summed E-state index contributed by atoms with van der Waals surface area (Å²) in [6.07, 6.45) is 0. The van der Waals surface area contributed by atoms with Crippen molar-refractivity contribution in [3.8, 4) is 11.5 Å². The fraction of sp³-hybridized carbons (Fsp3) is 0.222. The molecule has 4 nitrogen and oxygen atoms in total. The Bertz CT molecular complexity index is 419. The van der Waals surface area contributed by atoms with E-state index in [1.165, 1.54) is 6.92 Å². The summed E-state index contributed by atoms with van der Waals surface area (Å²) in [5.41, 5.74) is -0.196. The Morgan fingerprint density at radius 3 is 2.53 bits per heavy atom. The molecule has 0 saturated carbocycles. The van der Waals surface area contributed by atoms with Crippen LogP contribution in [0.15, 0.2) is 10.5 Å². The van der Waals surface area contributed by atoms with Gasteiger partial charge in [0, 0.05) is 10.0 Å². The zero-order valence-electron chi connectivity index (χ0n) is 7.66. The highest BCUT2D eigenvalue weighted by atomic mass is 79.9. The van der Waals surface area contributed by atoms with Crippen LogP contribution in [0.25, 0.3) is 0 Å². The molecule has 3 N–H and O–H groups in total. The lowest BCUT2D eigenvalue weighted by Crippen LogP contribution is -2.10. The van der Waals surface area contributed by atoms with Crippen LogP contribution < -0.4 is 0 Å². The molecule has 0 heterocycles. The highest BCUT2D eigenvalue weighted by Gasteiger charge is 2.25. The first-order valence-electron chi connectivity index (χ1n) is 3.98. The van der Waals surface area contributed by atoms with Crippen molar-refractivity contribution in [3.63, 3.8) is 0 Å². The van der Waals surface area contributed by atoms with Crippen LogP contribution in [0, 0.1) is 5.82 Å². The summed E-state index contributed by atoms with van der Waals surface area (Å²) in [7, 11) is 0. The minimum absolute atomic E-state index is 0.102. The van der Waals surface area contributed by atoms with Gasteiger partial charge < -0.3 is 15.3 Å². The molecule has 0 spiro atoms. The maximum atomic E-state index is 13.4. The summed E-state index contributed by atoms with van der Waals surface area (Å²) in [5.74, 6) is -5.05. The molecule has 0 bridgehead atoms. The molecule has 15 heavy (non-hydrogen) atoms. The number of hydrogen-bond acceptors (Lipinski definition) is 3. The van der Waals surface area contributed by atoms with E-state index >= 15 is 0 Å². The average molecular weight is 279 g/mol. The number of phenols is 2. The fourth-order valence-corrected chi connectivity index (χ4v) is 1.87. The van der Waals surface area contributed by atoms with Crippen LogP contribution in [0.5, 0.6) is 11.5 Å². The third-order valence-electron chi connectivity index (χ3n) is 2.01. The Balaban J connectivity index is 3.42. The summed E-state index contributed by atoms with van der Waals surface area (Å²) in [4.78, 5) is 10.7. The standard InChI is InChI=1S/C9H8BrFO4/c1-3(9(14)15)6-4(10)2-5(12)8(13)7(6)11/h2-3,12-13H,1H3,(H,14,15). The number of carbonyl (C=O) groups is 1. The largest absolute Gasteiger partial charge is 0.504 e. The van der Waals surface area contributed by atoms with Crippen LogP contribution in [-0.2, 0) is 4.79 Å². The molecule has 0 fully saturated rings. The number of benzene rings is 1. The second-order valence-electron chi connectivity index (χ2n) is 3.01. The zero-order chi connectivity index (χ0) is 11.7. The Kier molecular flexibility index (Phi) is 3.18. The van der Waals surface area contributed by atoms with Gasteiger partial charge in [0.15, 0.2) is 17.3 Å². The topological polar surface area (TPSA) is 77.8 Å². The summed E-state index contributed by atoms with van der Waals surface area (Å²) in [6.45, 7) is 1.28. The van der Waals surface area contributed by atoms with E-state index in [0.29, 0.717) is 0 Å². The average Bonchev–Trinajstić information content (AvgIpc) is 2.14. The van der Waals surface area contributed by atoms with Gasteiger partial charge in [-0.3, -0.25) is 4.79 Å². The second-order valence-corrected chi connectivity index (χ2v) is 3.87. The van der Waals surface area contributed by atoms with Gasteiger partial charge in [0.05, 0.1) is 5.92 Å². The smallest absolute Gasteiger partial charge is 0.310 e. The SMILES string of the molecule is CC(C(=O)O)c1c(Br)cc(O)c(O)c1F. The quantitative estimate of drug-likeness (QED) is 0.725. The van der Waals surface area contributed by atoms with E-state index in [1.807, 2.05) is 0 Å². The highest BCUT2D eigenvalue weighted by Crippen LogP contribution is 2.38. The van der Waals surface area contributed by atoms with Crippen LogP contribution in [0.1, 0.15) is 18.4 Å². The van der Waals surface area contributed by atoms with Crippen LogP contribution in [0.2, 0.25) is 0 Å². The van der Waals surface area contributed by atoms with Crippen LogP contribution >= 0.6 is 15.9 Å². The van der Waals surface area contributed by atoms with Gasteiger partial charge >= 0.3 is 5.97 Å². The van der Waals surface area contributed by atoms with Crippen molar-refractivity contribution < 1.29 is 24.5 Å². The van der Waals surface area contributed by atoms with E-state index in [9.17, 15) is 9.18 Å². The Morgan fingerprint density at radius 1 is 1.53 bits per heavy atom. The molecule has 1 unspecified atom stereocenters. The molecule has 0 aliphatic carbocycles. The predicted octanol–water partition coefficient (Wildman–Crippen LogP) is 2.19. The first-order valence-corrected chi connectivity index (χ1v) is 4.78. The number of phenolic OH excluding ortho intramolecular Hbond substituents is 2. The van der Waals surface area contributed by atoms with Crippen molar-refractivity contribution in [2.45, 2.75) is 12.8 Å². The van der Waals surface area contributed by atoms with Gasteiger partial charge in [-0.25, -0.2) is 4.39 Å². The molecule has 1 rings (SSSR count). The van der Waals surface area contributed by atoms with Crippen molar-refractivity contribution in [3.05, 3.63) is 21.9 Å². The molecule has 0 radical (unpaired) electrons. The molecule has 0 amide bonds. The number of aliphatic carboxylic acids is 1. The monoisotopic (exact) mass is 278 g/mol. The Labute approximate surface area is 93.1 Å². The third kappa shape index (κ3) is 2.04. The van der Waals surface area contributed by atoms with Gasteiger partial charge in [-0.2, -0.15) is 0 Å². The fourth-order valence-electron chi connectivity index (χ4n) is 1.13. The lowest BCUT2D eigenvalue weighted by molar-refractivity contribution is -0.138. The van der Waals surface area contributed by atoms with Gasteiger partial charge in [-0.05, 0) is 13.0 Å². The molecule has 1 aromatic rings. The van der Waals surface area contributed by atoms with Crippen molar-refractivity contribution in [2.24, 2.45) is 0 Å². The number of aromatic hydroxyl groups is 2. The number of rotatable bonds is 2. The van der Waals surface area contributed by atoms with Crippen LogP contribution in [-0.4, -0.2) is 21.3 Å². The minimum atomic E-state index is -1.22. The van der Waals surface area contributed by atoms with Crippen LogP contribution in [0.4, 0.5) is 4.39 Å². The maximum absolute atomic E-state index is 13.4. The predicted molar refractivity (Wildman–Crippen MR) is 53.5 cm³/mol. The number of halogens is 2. The molecular formula is C9H8BrFO4.